The van der Waals surface area contributed by atoms with E-state index in [1.54, 1.807) is 23.0 Å². The first-order valence-electron chi connectivity index (χ1n) is 7.56. The predicted molar refractivity (Wildman–Crippen MR) is 101 cm³/mol. The van der Waals surface area contributed by atoms with Crippen LogP contribution in [0, 0.1) is 24.0 Å². The fourth-order valence-electron chi connectivity index (χ4n) is 2.48. The van der Waals surface area contributed by atoms with E-state index in [0.717, 1.165) is 32.8 Å². The Balaban J connectivity index is 1.92. The van der Waals surface area contributed by atoms with E-state index in [4.69, 9.17) is 0 Å². The molecule has 6 nitrogen and oxygen atoms in total. The maximum Gasteiger partial charge on any atom is 0.269 e. The van der Waals surface area contributed by atoms with Gasteiger partial charge < -0.3 is 0 Å². The van der Waals surface area contributed by atoms with Crippen LogP contribution in [-0.4, -0.2) is 20.9 Å². The summed E-state index contributed by atoms with van der Waals surface area (Å²) in [5, 5.41) is 15.3. The molecule has 3 aromatic rings. The maximum atomic E-state index is 10.8. The number of aryl methyl sites for hydroxylation is 1. The summed E-state index contributed by atoms with van der Waals surface area (Å²) in [6.45, 7) is 3.82. The molecule has 0 amide bonds. The number of nitro groups is 1. The first-order valence-corrected chi connectivity index (χ1v) is 8.35. The van der Waals surface area contributed by atoms with Crippen LogP contribution in [0.25, 0.3) is 5.69 Å². The van der Waals surface area contributed by atoms with E-state index in [-0.39, 0.29) is 5.69 Å². The Morgan fingerprint density at radius 1 is 1.12 bits per heavy atom. The van der Waals surface area contributed by atoms with Crippen LogP contribution in [0.4, 0.5) is 11.4 Å². The summed E-state index contributed by atoms with van der Waals surface area (Å²) in [4.78, 5) is 14.9. The lowest BCUT2D eigenvalue weighted by Gasteiger charge is -2.03. The van der Waals surface area contributed by atoms with E-state index in [2.05, 4.69) is 26.0 Å². The molecule has 0 radical (unpaired) electrons. The van der Waals surface area contributed by atoms with Crippen LogP contribution in [0.2, 0.25) is 0 Å². The van der Waals surface area contributed by atoms with Gasteiger partial charge in [-0.2, -0.15) is 5.10 Å². The minimum Gasteiger partial charge on any atom is -0.258 e. The Kier molecular flexibility index (Phi) is 4.76. The fourth-order valence-corrected chi connectivity index (χ4v) is 2.74. The lowest BCUT2D eigenvalue weighted by Crippen LogP contribution is -1.99. The second-order valence-corrected chi connectivity index (χ2v) is 6.43. The Morgan fingerprint density at radius 2 is 1.76 bits per heavy atom. The van der Waals surface area contributed by atoms with Gasteiger partial charge in [0.15, 0.2) is 0 Å². The second kappa shape index (κ2) is 6.98. The van der Waals surface area contributed by atoms with Crippen molar-refractivity contribution >= 4 is 33.5 Å². The van der Waals surface area contributed by atoms with Crippen molar-refractivity contribution in [1.82, 2.24) is 9.78 Å². The summed E-state index contributed by atoms with van der Waals surface area (Å²) in [5.74, 6) is 0. The number of rotatable bonds is 4. The van der Waals surface area contributed by atoms with Gasteiger partial charge in [-0.1, -0.05) is 28.1 Å². The molecule has 0 N–H and O–H groups in total. The largest absolute Gasteiger partial charge is 0.269 e. The highest BCUT2D eigenvalue weighted by atomic mass is 79.9. The van der Waals surface area contributed by atoms with Gasteiger partial charge >= 0.3 is 0 Å². The monoisotopic (exact) mass is 398 g/mol. The summed E-state index contributed by atoms with van der Waals surface area (Å²) in [7, 11) is 0. The molecule has 0 atom stereocenters. The normalized spacial score (nSPS) is 11.2. The zero-order valence-electron chi connectivity index (χ0n) is 13.7. The average molecular weight is 399 g/mol. The minimum atomic E-state index is -0.418. The Bertz CT molecular complexity index is 944. The van der Waals surface area contributed by atoms with Crippen molar-refractivity contribution in [2.75, 3.05) is 0 Å². The molecule has 0 bridgehead atoms. The molecule has 0 saturated heterocycles. The molecule has 0 aliphatic rings. The average Bonchev–Trinajstić information content (AvgIpc) is 2.89. The van der Waals surface area contributed by atoms with Crippen LogP contribution < -0.4 is 0 Å². The highest BCUT2D eigenvalue weighted by molar-refractivity contribution is 9.10. The van der Waals surface area contributed by atoms with Crippen LogP contribution in [0.3, 0.4) is 0 Å². The quantitative estimate of drug-likeness (QED) is 0.356. The number of nitro benzene ring substituents is 1. The number of benzene rings is 2. The lowest BCUT2D eigenvalue weighted by atomic mass is 10.2. The molecule has 7 heteroatoms. The smallest absolute Gasteiger partial charge is 0.258 e. The van der Waals surface area contributed by atoms with E-state index in [1.165, 1.54) is 12.1 Å². The second-order valence-electron chi connectivity index (χ2n) is 5.51. The first kappa shape index (κ1) is 17.0. The van der Waals surface area contributed by atoms with Crippen molar-refractivity contribution in [2.45, 2.75) is 13.8 Å². The number of aliphatic imine (C=N–C) groups is 1. The van der Waals surface area contributed by atoms with Gasteiger partial charge in [-0.05, 0) is 43.7 Å². The summed E-state index contributed by atoms with van der Waals surface area (Å²) in [5.41, 5.74) is 4.27. The number of hydrogen-bond donors (Lipinski definition) is 0. The van der Waals surface area contributed by atoms with Crippen molar-refractivity contribution in [2.24, 2.45) is 4.99 Å². The maximum absolute atomic E-state index is 10.8. The summed E-state index contributed by atoms with van der Waals surface area (Å²) in [6.07, 6.45) is 1.80. The van der Waals surface area contributed by atoms with Gasteiger partial charge in [0, 0.05) is 22.8 Å². The molecule has 0 fully saturated rings. The third-order valence-corrected chi connectivity index (χ3v) is 4.30. The highest BCUT2D eigenvalue weighted by Crippen LogP contribution is 2.26. The molecule has 2 aromatic carbocycles. The Hall–Kier alpha value is -2.80. The van der Waals surface area contributed by atoms with Crippen molar-refractivity contribution < 1.29 is 4.92 Å². The molecule has 3 rings (SSSR count). The number of halogens is 1. The number of nitrogens with zero attached hydrogens (tertiary/aromatic N) is 4. The zero-order valence-corrected chi connectivity index (χ0v) is 15.3. The third-order valence-electron chi connectivity index (χ3n) is 3.77. The molecule has 0 aliphatic carbocycles. The molecular formula is C18H15BrN4O2. The molecule has 1 heterocycles. The van der Waals surface area contributed by atoms with Crippen LogP contribution in [0.1, 0.15) is 17.0 Å². The first-order chi connectivity index (χ1) is 12.0. The van der Waals surface area contributed by atoms with Crippen LogP contribution in [0.15, 0.2) is 58.0 Å². The van der Waals surface area contributed by atoms with Crippen molar-refractivity contribution in [3.63, 3.8) is 0 Å². The predicted octanol–water partition coefficient (Wildman–Crippen LogP) is 4.91. The highest BCUT2D eigenvalue weighted by Gasteiger charge is 2.13. The van der Waals surface area contributed by atoms with Crippen molar-refractivity contribution in [1.29, 1.82) is 0 Å². The number of aromatic nitrogens is 2. The molecule has 0 unspecified atom stereocenters. The van der Waals surface area contributed by atoms with Gasteiger partial charge in [-0.15, -0.1) is 0 Å². The molecule has 1 aromatic heterocycles. The van der Waals surface area contributed by atoms with Crippen LogP contribution in [-0.2, 0) is 0 Å². The van der Waals surface area contributed by atoms with Crippen molar-refractivity contribution in [3.8, 4) is 5.69 Å². The van der Waals surface area contributed by atoms with Gasteiger partial charge in [0.1, 0.15) is 5.69 Å². The topological polar surface area (TPSA) is 73.3 Å². The van der Waals surface area contributed by atoms with Gasteiger partial charge in [0.05, 0.1) is 22.0 Å². The molecule has 0 aliphatic heterocycles. The van der Waals surface area contributed by atoms with Crippen molar-refractivity contribution in [3.05, 3.63) is 80.1 Å². The van der Waals surface area contributed by atoms with Gasteiger partial charge in [0.2, 0.25) is 0 Å². The van der Waals surface area contributed by atoms with Gasteiger partial charge in [0.25, 0.3) is 5.69 Å². The Morgan fingerprint density at radius 3 is 2.36 bits per heavy atom. The summed E-state index contributed by atoms with van der Waals surface area (Å²) in [6, 6.07) is 14.2. The fraction of sp³-hybridized carbons (Fsp3) is 0.111. The summed E-state index contributed by atoms with van der Waals surface area (Å²) < 4.78 is 2.76. The molecule has 126 valence electrons. The van der Waals surface area contributed by atoms with E-state index in [1.807, 2.05) is 38.1 Å². The van der Waals surface area contributed by atoms with E-state index in [9.17, 15) is 10.1 Å². The van der Waals surface area contributed by atoms with Gasteiger partial charge in [-0.25, -0.2) is 4.68 Å². The van der Waals surface area contributed by atoms with Gasteiger partial charge in [-0.3, -0.25) is 15.1 Å². The SMILES string of the molecule is Cc1nn(-c2ccc([N+](=O)[O-])cc2)c(C)c1N=Cc1ccc(Br)cc1. The molecule has 25 heavy (non-hydrogen) atoms. The number of non-ortho nitro benzene ring substituents is 1. The lowest BCUT2D eigenvalue weighted by molar-refractivity contribution is -0.384. The zero-order chi connectivity index (χ0) is 18.0. The molecule has 0 saturated carbocycles. The third kappa shape index (κ3) is 3.66. The van der Waals surface area contributed by atoms with E-state index < -0.39 is 4.92 Å². The van der Waals surface area contributed by atoms with Crippen LogP contribution in [0.5, 0.6) is 0 Å². The summed E-state index contributed by atoms with van der Waals surface area (Å²) >= 11 is 3.41. The van der Waals surface area contributed by atoms with E-state index >= 15 is 0 Å². The van der Waals surface area contributed by atoms with E-state index in [0.29, 0.717) is 0 Å². The minimum absolute atomic E-state index is 0.0544. The number of hydrogen-bond acceptors (Lipinski definition) is 4. The molecular weight excluding hydrogens is 384 g/mol. The Labute approximate surface area is 153 Å². The van der Waals surface area contributed by atoms with Crippen LogP contribution >= 0.6 is 15.9 Å². The standard InChI is InChI=1S/C18H15BrN4O2/c1-12-18(20-11-14-3-5-15(19)6-4-14)13(2)22(21-12)16-7-9-17(10-8-16)23(24)25/h3-11H,1-2H3. The molecule has 0 spiro atoms.